The lowest BCUT2D eigenvalue weighted by molar-refractivity contribution is 0.289. The maximum absolute atomic E-state index is 12.4. The van der Waals surface area contributed by atoms with E-state index >= 15 is 0 Å². The zero-order valence-electron chi connectivity index (χ0n) is 13.4. The van der Waals surface area contributed by atoms with Gasteiger partial charge in [0.1, 0.15) is 0 Å². The quantitative estimate of drug-likeness (QED) is 0.738. The number of pyridine rings is 2. The van der Waals surface area contributed by atoms with Crippen LogP contribution in [0.15, 0.2) is 52.4 Å². The summed E-state index contributed by atoms with van der Waals surface area (Å²) in [6.07, 6.45) is 5.99. The average Bonchev–Trinajstić information content (AvgIpc) is 3.41. The van der Waals surface area contributed by atoms with E-state index in [0.29, 0.717) is 23.8 Å². The van der Waals surface area contributed by atoms with Gasteiger partial charge in [-0.25, -0.2) is 4.98 Å². The third-order valence-electron chi connectivity index (χ3n) is 4.37. The Balaban J connectivity index is 1.92. The molecule has 1 fully saturated rings. The molecule has 122 valence electrons. The number of rotatable bonds is 4. The van der Waals surface area contributed by atoms with Gasteiger partial charge in [0.2, 0.25) is 5.88 Å². The molecule has 0 N–H and O–H groups in total. The Bertz CT molecular complexity index is 977. The van der Waals surface area contributed by atoms with Crippen molar-refractivity contribution in [3.05, 3.63) is 53.1 Å². The van der Waals surface area contributed by atoms with Crippen molar-refractivity contribution >= 4 is 23.4 Å². The number of hydrogen-bond donors (Lipinski definition) is 1. The number of aromatic nitrogens is 2. The molecule has 0 unspecified atom stereocenters. The fourth-order valence-electron chi connectivity index (χ4n) is 2.86. The summed E-state index contributed by atoms with van der Waals surface area (Å²) in [5.41, 5.74) is 1.79. The Morgan fingerprint density at radius 2 is 2.00 bits per heavy atom. The molecule has 0 atom stereocenters. The highest BCUT2D eigenvalue weighted by Gasteiger charge is 2.23. The Morgan fingerprint density at radius 1 is 1.25 bits per heavy atom. The molecule has 5 heteroatoms. The smallest absolute Gasteiger partial charge is 0.258 e. The molecule has 0 amide bonds. The second-order valence-electron chi connectivity index (χ2n) is 6.31. The van der Waals surface area contributed by atoms with Crippen molar-refractivity contribution in [3.63, 3.8) is 0 Å². The van der Waals surface area contributed by atoms with E-state index in [4.69, 9.17) is 4.74 Å². The molecule has 0 spiro atoms. The average molecular weight is 338 g/mol. The van der Waals surface area contributed by atoms with Crippen molar-refractivity contribution in [2.45, 2.75) is 17.7 Å². The van der Waals surface area contributed by atoms with Gasteiger partial charge in [-0.3, -0.25) is 4.79 Å². The minimum absolute atomic E-state index is 0.00946. The molecule has 0 radical (unpaired) electrons. The third kappa shape index (κ3) is 2.80. The molecule has 4 nitrogen and oxygen atoms in total. The van der Waals surface area contributed by atoms with Crippen molar-refractivity contribution in [1.82, 2.24) is 9.55 Å². The van der Waals surface area contributed by atoms with E-state index in [-0.39, 0.29) is 5.56 Å². The summed E-state index contributed by atoms with van der Waals surface area (Å²) in [7, 11) is 1.76. The van der Waals surface area contributed by atoms with Crippen LogP contribution >= 0.6 is 12.6 Å². The summed E-state index contributed by atoms with van der Waals surface area (Å²) in [5.74, 6) is 1.25. The van der Waals surface area contributed by atoms with Crippen LogP contribution in [-0.2, 0) is 7.05 Å². The minimum atomic E-state index is -0.00946. The summed E-state index contributed by atoms with van der Waals surface area (Å²) < 4.78 is 7.56. The van der Waals surface area contributed by atoms with Crippen LogP contribution in [0, 0.1) is 5.92 Å². The Hall–Kier alpha value is -2.27. The first-order chi connectivity index (χ1) is 11.6. The Morgan fingerprint density at radius 3 is 2.75 bits per heavy atom. The molecule has 2 aromatic heterocycles. The first-order valence-corrected chi connectivity index (χ1v) is 8.49. The number of benzene rings is 1. The van der Waals surface area contributed by atoms with Gasteiger partial charge in [-0.1, -0.05) is 18.2 Å². The lowest BCUT2D eigenvalue weighted by Gasteiger charge is -2.14. The van der Waals surface area contributed by atoms with Crippen LogP contribution in [-0.4, -0.2) is 16.2 Å². The van der Waals surface area contributed by atoms with Crippen LogP contribution in [0.5, 0.6) is 5.88 Å². The van der Waals surface area contributed by atoms with Gasteiger partial charge in [0, 0.05) is 40.8 Å². The van der Waals surface area contributed by atoms with Gasteiger partial charge in [0.05, 0.1) is 6.61 Å². The molecule has 0 bridgehead atoms. The SMILES string of the molecule is Cn1cc(-c2cc(S)cnc2OCC2CC2)c2ccccc2c1=O. The molecule has 1 aliphatic carbocycles. The number of ether oxygens (including phenoxy) is 1. The summed E-state index contributed by atoms with van der Waals surface area (Å²) >= 11 is 4.43. The van der Waals surface area contributed by atoms with Crippen molar-refractivity contribution in [2.24, 2.45) is 13.0 Å². The van der Waals surface area contributed by atoms with Gasteiger partial charge in [0.25, 0.3) is 5.56 Å². The number of fused-ring (bicyclic) bond motifs is 1. The molecule has 0 aliphatic heterocycles. The maximum atomic E-state index is 12.4. The predicted molar refractivity (Wildman–Crippen MR) is 97.9 cm³/mol. The molecule has 1 aromatic carbocycles. The van der Waals surface area contributed by atoms with Crippen LogP contribution in [0.3, 0.4) is 0 Å². The van der Waals surface area contributed by atoms with E-state index in [1.54, 1.807) is 17.8 Å². The molecular weight excluding hydrogens is 320 g/mol. The lowest BCUT2D eigenvalue weighted by atomic mass is 10.0. The second-order valence-corrected chi connectivity index (χ2v) is 6.82. The molecule has 4 rings (SSSR count). The first kappa shape index (κ1) is 15.3. The van der Waals surface area contributed by atoms with Gasteiger partial charge in [-0.2, -0.15) is 0 Å². The zero-order chi connectivity index (χ0) is 16.7. The fourth-order valence-corrected chi connectivity index (χ4v) is 3.05. The normalized spacial score (nSPS) is 14.1. The Kier molecular flexibility index (Phi) is 3.81. The lowest BCUT2D eigenvalue weighted by Crippen LogP contribution is -2.16. The van der Waals surface area contributed by atoms with Crippen LogP contribution in [0.25, 0.3) is 21.9 Å². The van der Waals surface area contributed by atoms with Crippen molar-refractivity contribution < 1.29 is 4.74 Å². The standard InChI is InChI=1S/C19H18N2O2S/c1-21-10-17(14-4-2-3-5-15(14)19(21)22)16-8-13(24)9-20-18(16)23-11-12-6-7-12/h2-5,8-10,12,24H,6-7,11H2,1H3. The first-order valence-electron chi connectivity index (χ1n) is 8.04. The van der Waals surface area contributed by atoms with E-state index in [1.807, 2.05) is 36.5 Å². The maximum Gasteiger partial charge on any atom is 0.258 e. The van der Waals surface area contributed by atoms with E-state index in [2.05, 4.69) is 17.6 Å². The van der Waals surface area contributed by atoms with Crippen molar-refractivity contribution in [2.75, 3.05) is 6.61 Å². The van der Waals surface area contributed by atoms with Crippen LogP contribution in [0.4, 0.5) is 0 Å². The largest absolute Gasteiger partial charge is 0.477 e. The molecule has 24 heavy (non-hydrogen) atoms. The molecule has 1 saturated carbocycles. The van der Waals surface area contributed by atoms with Gasteiger partial charge in [0.15, 0.2) is 0 Å². The summed E-state index contributed by atoms with van der Waals surface area (Å²) in [6.45, 7) is 0.690. The minimum Gasteiger partial charge on any atom is -0.477 e. The number of thiol groups is 1. The van der Waals surface area contributed by atoms with E-state index in [9.17, 15) is 4.79 Å². The number of nitrogens with zero attached hydrogens (tertiary/aromatic N) is 2. The van der Waals surface area contributed by atoms with Crippen LogP contribution in [0.1, 0.15) is 12.8 Å². The van der Waals surface area contributed by atoms with Gasteiger partial charge >= 0.3 is 0 Å². The van der Waals surface area contributed by atoms with E-state index in [1.165, 1.54) is 12.8 Å². The number of aryl methyl sites for hydroxylation is 1. The van der Waals surface area contributed by atoms with E-state index in [0.717, 1.165) is 21.4 Å². The van der Waals surface area contributed by atoms with Gasteiger partial charge in [-0.05, 0) is 36.3 Å². The zero-order valence-corrected chi connectivity index (χ0v) is 14.3. The summed E-state index contributed by atoms with van der Waals surface area (Å²) in [6, 6.07) is 9.58. The van der Waals surface area contributed by atoms with Crippen LogP contribution < -0.4 is 10.3 Å². The third-order valence-corrected chi connectivity index (χ3v) is 4.61. The van der Waals surface area contributed by atoms with E-state index < -0.39 is 0 Å². The molecule has 3 aromatic rings. The van der Waals surface area contributed by atoms with Gasteiger partial charge in [-0.15, -0.1) is 12.6 Å². The van der Waals surface area contributed by atoms with Crippen molar-refractivity contribution in [3.8, 4) is 17.0 Å². The highest BCUT2D eigenvalue weighted by molar-refractivity contribution is 7.80. The fraction of sp³-hybridized carbons (Fsp3) is 0.263. The molecular formula is C19H18N2O2S. The Labute approximate surface area is 145 Å². The molecule has 1 aliphatic rings. The van der Waals surface area contributed by atoms with Crippen molar-refractivity contribution in [1.29, 1.82) is 0 Å². The monoisotopic (exact) mass is 338 g/mol. The predicted octanol–water partition coefficient (Wildman–Crippen LogP) is 3.68. The summed E-state index contributed by atoms with van der Waals surface area (Å²) in [5, 5.41) is 1.59. The highest BCUT2D eigenvalue weighted by Crippen LogP contribution is 2.36. The van der Waals surface area contributed by atoms with Crippen LogP contribution in [0.2, 0.25) is 0 Å². The topological polar surface area (TPSA) is 44.1 Å². The summed E-state index contributed by atoms with van der Waals surface area (Å²) in [4.78, 5) is 17.6. The second kappa shape index (κ2) is 5.98. The molecule has 2 heterocycles. The number of hydrogen-bond acceptors (Lipinski definition) is 4. The molecule has 0 saturated heterocycles. The van der Waals surface area contributed by atoms with Gasteiger partial charge < -0.3 is 9.30 Å². The highest BCUT2D eigenvalue weighted by atomic mass is 32.1.